The zero-order chi connectivity index (χ0) is 21.0. The standard InChI is InChI=1S/C22H24N2O5/c1-14(2)15-3-7-17(8-4-15)24-12-11-19(22(24)28)21(27)23-16-5-9-18(10-6-16)29-13-20(25)26/h3-10,14,19H,11-13H2,1-2H3,(H,23,27)(H,25,26). The zero-order valence-corrected chi connectivity index (χ0v) is 16.4. The van der Waals surface area contributed by atoms with Gasteiger partial charge in [-0.05, 0) is 54.3 Å². The number of carbonyl (C=O) groups is 3. The maximum Gasteiger partial charge on any atom is 0.341 e. The number of amides is 2. The molecule has 0 bridgehead atoms. The van der Waals surface area contributed by atoms with Crippen molar-refractivity contribution in [2.24, 2.45) is 5.92 Å². The molecule has 2 aromatic rings. The summed E-state index contributed by atoms with van der Waals surface area (Å²) >= 11 is 0. The molecule has 0 saturated carbocycles. The van der Waals surface area contributed by atoms with Crippen LogP contribution in [0.1, 0.15) is 31.7 Å². The highest BCUT2D eigenvalue weighted by Gasteiger charge is 2.37. The number of benzene rings is 2. The Morgan fingerprint density at radius 2 is 1.79 bits per heavy atom. The van der Waals surface area contributed by atoms with Crippen molar-refractivity contribution >= 4 is 29.2 Å². The van der Waals surface area contributed by atoms with E-state index < -0.39 is 18.5 Å². The molecule has 1 aliphatic heterocycles. The third kappa shape index (κ3) is 4.93. The van der Waals surface area contributed by atoms with E-state index >= 15 is 0 Å². The first-order chi connectivity index (χ1) is 13.8. The third-order valence-corrected chi connectivity index (χ3v) is 4.88. The van der Waals surface area contributed by atoms with E-state index in [4.69, 9.17) is 9.84 Å². The number of anilines is 2. The van der Waals surface area contributed by atoms with Crippen molar-refractivity contribution in [1.29, 1.82) is 0 Å². The highest BCUT2D eigenvalue weighted by Crippen LogP contribution is 2.28. The third-order valence-electron chi connectivity index (χ3n) is 4.88. The monoisotopic (exact) mass is 396 g/mol. The predicted octanol–water partition coefficient (Wildman–Crippen LogP) is 3.27. The van der Waals surface area contributed by atoms with Crippen LogP contribution in [0.25, 0.3) is 0 Å². The Morgan fingerprint density at radius 3 is 2.38 bits per heavy atom. The molecule has 7 heteroatoms. The molecule has 0 radical (unpaired) electrons. The first kappa shape index (κ1) is 20.4. The van der Waals surface area contributed by atoms with Gasteiger partial charge in [-0.3, -0.25) is 9.59 Å². The number of nitrogens with zero attached hydrogens (tertiary/aromatic N) is 1. The second-order valence-electron chi connectivity index (χ2n) is 7.27. The molecule has 2 amide bonds. The molecule has 29 heavy (non-hydrogen) atoms. The van der Waals surface area contributed by atoms with Crippen LogP contribution < -0.4 is 15.0 Å². The quantitative estimate of drug-likeness (QED) is 0.701. The van der Waals surface area contributed by atoms with Gasteiger partial charge in [-0.1, -0.05) is 26.0 Å². The second-order valence-corrected chi connectivity index (χ2v) is 7.27. The minimum absolute atomic E-state index is 0.207. The van der Waals surface area contributed by atoms with Crippen LogP contribution in [0.15, 0.2) is 48.5 Å². The van der Waals surface area contributed by atoms with E-state index in [0.29, 0.717) is 30.3 Å². The lowest BCUT2D eigenvalue weighted by Crippen LogP contribution is -2.33. The number of hydrogen-bond donors (Lipinski definition) is 2. The van der Waals surface area contributed by atoms with E-state index in [1.54, 1.807) is 29.2 Å². The molecule has 1 fully saturated rings. The summed E-state index contributed by atoms with van der Waals surface area (Å²) in [6.45, 7) is 4.29. The number of aliphatic carboxylic acids is 1. The maximum atomic E-state index is 12.7. The summed E-state index contributed by atoms with van der Waals surface area (Å²) in [6.07, 6.45) is 0.455. The second kappa shape index (κ2) is 8.77. The molecule has 1 atom stereocenters. The molecule has 0 aromatic heterocycles. The Hall–Kier alpha value is -3.35. The number of rotatable bonds is 7. The Bertz CT molecular complexity index is 890. The van der Waals surface area contributed by atoms with Gasteiger partial charge in [0, 0.05) is 17.9 Å². The Kier molecular flexibility index (Phi) is 6.16. The van der Waals surface area contributed by atoms with Gasteiger partial charge >= 0.3 is 5.97 Å². The molecule has 3 rings (SSSR count). The topological polar surface area (TPSA) is 95.9 Å². The van der Waals surface area contributed by atoms with Gasteiger partial charge in [-0.2, -0.15) is 0 Å². The summed E-state index contributed by atoms with van der Waals surface area (Å²) in [5, 5.41) is 11.4. The van der Waals surface area contributed by atoms with Crippen LogP contribution in [0.5, 0.6) is 5.75 Å². The van der Waals surface area contributed by atoms with Crippen LogP contribution in [0.3, 0.4) is 0 Å². The van der Waals surface area contributed by atoms with Crippen LogP contribution >= 0.6 is 0 Å². The summed E-state index contributed by atoms with van der Waals surface area (Å²) in [5.41, 5.74) is 2.52. The first-order valence-corrected chi connectivity index (χ1v) is 9.52. The molecule has 2 aromatic carbocycles. The van der Waals surface area contributed by atoms with E-state index in [1.165, 1.54) is 5.56 Å². The van der Waals surface area contributed by atoms with Crippen molar-refractivity contribution in [1.82, 2.24) is 0 Å². The summed E-state index contributed by atoms with van der Waals surface area (Å²) < 4.78 is 5.06. The van der Waals surface area contributed by atoms with Crippen molar-refractivity contribution in [3.63, 3.8) is 0 Å². The fourth-order valence-electron chi connectivity index (χ4n) is 3.23. The number of hydrogen-bond acceptors (Lipinski definition) is 4. The van der Waals surface area contributed by atoms with Crippen molar-refractivity contribution < 1.29 is 24.2 Å². The minimum atomic E-state index is -1.06. The normalized spacial score (nSPS) is 16.2. The molecule has 1 unspecified atom stereocenters. The van der Waals surface area contributed by atoms with Gasteiger partial charge in [0.25, 0.3) is 0 Å². The molecule has 1 aliphatic rings. The average molecular weight is 396 g/mol. The highest BCUT2D eigenvalue weighted by atomic mass is 16.5. The molecule has 152 valence electrons. The maximum absolute atomic E-state index is 12.7. The summed E-state index contributed by atoms with van der Waals surface area (Å²) in [4.78, 5) is 37.5. The number of nitrogens with one attached hydrogen (secondary N) is 1. The van der Waals surface area contributed by atoms with Gasteiger partial charge in [0.1, 0.15) is 11.7 Å². The van der Waals surface area contributed by atoms with Gasteiger partial charge in [-0.25, -0.2) is 4.79 Å². The Morgan fingerprint density at radius 1 is 1.14 bits per heavy atom. The Balaban J connectivity index is 1.60. The van der Waals surface area contributed by atoms with E-state index in [0.717, 1.165) is 5.69 Å². The first-order valence-electron chi connectivity index (χ1n) is 9.52. The average Bonchev–Trinajstić information content (AvgIpc) is 3.09. The van der Waals surface area contributed by atoms with Crippen molar-refractivity contribution in [2.45, 2.75) is 26.2 Å². The Labute approximate surface area is 169 Å². The van der Waals surface area contributed by atoms with Crippen molar-refractivity contribution in [2.75, 3.05) is 23.4 Å². The fraction of sp³-hybridized carbons (Fsp3) is 0.318. The lowest BCUT2D eigenvalue weighted by molar-refractivity contribution is -0.139. The fourth-order valence-corrected chi connectivity index (χ4v) is 3.23. The molecule has 2 N–H and O–H groups in total. The summed E-state index contributed by atoms with van der Waals surface area (Å²) in [6, 6.07) is 14.2. The predicted molar refractivity (Wildman–Crippen MR) is 109 cm³/mol. The van der Waals surface area contributed by atoms with Gasteiger partial charge in [0.05, 0.1) is 0 Å². The van der Waals surface area contributed by atoms with Gasteiger partial charge in [0.15, 0.2) is 6.61 Å². The van der Waals surface area contributed by atoms with E-state index in [2.05, 4.69) is 19.2 Å². The number of carboxylic acid groups (broad SMARTS) is 1. The lowest BCUT2D eigenvalue weighted by atomic mass is 10.0. The SMILES string of the molecule is CC(C)c1ccc(N2CCC(C(=O)Nc3ccc(OCC(=O)O)cc3)C2=O)cc1. The van der Waals surface area contributed by atoms with Crippen molar-refractivity contribution in [3.05, 3.63) is 54.1 Å². The van der Waals surface area contributed by atoms with E-state index in [-0.39, 0.29) is 11.8 Å². The molecular weight excluding hydrogens is 372 g/mol. The van der Waals surface area contributed by atoms with Gasteiger partial charge in [0.2, 0.25) is 11.8 Å². The van der Waals surface area contributed by atoms with Crippen LogP contribution in [-0.4, -0.2) is 36.0 Å². The van der Waals surface area contributed by atoms with E-state index in [9.17, 15) is 14.4 Å². The summed E-state index contributed by atoms with van der Waals surface area (Å²) in [5.74, 6) is -1.55. The molecular formula is C22H24N2O5. The molecule has 0 aliphatic carbocycles. The minimum Gasteiger partial charge on any atom is -0.482 e. The van der Waals surface area contributed by atoms with E-state index in [1.807, 2.05) is 24.3 Å². The number of carbonyl (C=O) groups excluding carboxylic acids is 2. The van der Waals surface area contributed by atoms with Crippen LogP contribution in [0.2, 0.25) is 0 Å². The summed E-state index contributed by atoms with van der Waals surface area (Å²) in [7, 11) is 0. The molecule has 7 nitrogen and oxygen atoms in total. The van der Waals surface area contributed by atoms with Crippen LogP contribution in [0.4, 0.5) is 11.4 Å². The van der Waals surface area contributed by atoms with Gasteiger partial charge < -0.3 is 20.1 Å². The molecule has 1 heterocycles. The van der Waals surface area contributed by atoms with Crippen LogP contribution in [-0.2, 0) is 14.4 Å². The smallest absolute Gasteiger partial charge is 0.341 e. The zero-order valence-electron chi connectivity index (χ0n) is 16.4. The van der Waals surface area contributed by atoms with Gasteiger partial charge in [-0.15, -0.1) is 0 Å². The number of ether oxygens (including phenoxy) is 1. The largest absolute Gasteiger partial charge is 0.482 e. The molecule has 1 saturated heterocycles. The molecule has 0 spiro atoms. The highest BCUT2D eigenvalue weighted by molar-refractivity contribution is 6.13. The lowest BCUT2D eigenvalue weighted by Gasteiger charge is -2.18. The van der Waals surface area contributed by atoms with Crippen LogP contribution in [0, 0.1) is 5.92 Å². The van der Waals surface area contributed by atoms with Crippen molar-refractivity contribution in [3.8, 4) is 5.75 Å². The number of carboxylic acids is 1.